The molecule has 0 saturated carbocycles. The molecule has 0 spiro atoms. The van der Waals surface area contributed by atoms with Crippen molar-refractivity contribution in [3.63, 3.8) is 0 Å². The van der Waals surface area contributed by atoms with Gasteiger partial charge in [-0.1, -0.05) is 30.3 Å². The lowest BCUT2D eigenvalue weighted by Gasteiger charge is -2.38. The first-order valence-electron chi connectivity index (χ1n) is 12.4. The minimum Gasteiger partial charge on any atom is -0.465 e. The molecule has 0 atom stereocenters. The molecular formula is C29H32N4O4. The van der Waals surface area contributed by atoms with Crippen LogP contribution in [0.15, 0.2) is 73.1 Å². The number of aromatic nitrogens is 1. The Kier molecular flexibility index (Phi) is 8.64. The number of amides is 2. The fraction of sp³-hybridized carbons (Fsp3) is 0.310. The number of ether oxygens (including phenoxy) is 1. The molecule has 192 valence electrons. The number of likely N-dealkylation sites (tertiary alicyclic amines) is 1. The van der Waals surface area contributed by atoms with E-state index in [1.807, 2.05) is 29.2 Å². The fourth-order valence-corrected chi connectivity index (χ4v) is 4.58. The molecule has 3 aromatic rings. The molecule has 0 radical (unpaired) electrons. The molecule has 2 amide bonds. The Morgan fingerprint density at radius 3 is 2.41 bits per heavy atom. The number of nitrogens with one attached hydrogen (secondary N) is 1. The summed E-state index contributed by atoms with van der Waals surface area (Å²) in [5.41, 5.74) is 3.78. The monoisotopic (exact) mass is 500 g/mol. The van der Waals surface area contributed by atoms with Crippen molar-refractivity contribution in [3.8, 4) is 0 Å². The second-order valence-corrected chi connectivity index (χ2v) is 9.25. The number of urea groups is 1. The van der Waals surface area contributed by atoms with Gasteiger partial charge in [0, 0.05) is 55.9 Å². The van der Waals surface area contributed by atoms with Gasteiger partial charge in [0.05, 0.1) is 12.7 Å². The minimum atomic E-state index is -0.340. The van der Waals surface area contributed by atoms with Gasteiger partial charge in [-0.3, -0.25) is 14.7 Å². The topological polar surface area (TPSA) is 91.8 Å². The summed E-state index contributed by atoms with van der Waals surface area (Å²) in [6.45, 7) is 4.43. The molecular weight excluding hydrogens is 468 g/mol. The first kappa shape index (κ1) is 26.0. The van der Waals surface area contributed by atoms with Crippen molar-refractivity contribution < 1.29 is 19.1 Å². The van der Waals surface area contributed by atoms with Gasteiger partial charge in [0.15, 0.2) is 5.78 Å². The SMILES string of the molecule is COC(=O)c1ccc(CN2CCC(N(Cc3cccnc3)C(=O)Nc3cccc(C(C)=O)c3)CC2)cc1. The van der Waals surface area contributed by atoms with Crippen LogP contribution < -0.4 is 5.32 Å². The van der Waals surface area contributed by atoms with E-state index < -0.39 is 0 Å². The summed E-state index contributed by atoms with van der Waals surface area (Å²) in [5.74, 6) is -0.386. The second-order valence-electron chi connectivity index (χ2n) is 9.25. The number of pyridine rings is 1. The number of esters is 1. The standard InChI is InChI=1S/C29H32N4O4/c1-21(34)25-6-3-7-26(17-25)31-29(36)33(20-23-5-4-14-30-18-23)27-12-15-32(16-13-27)19-22-8-10-24(11-9-22)28(35)37-2/h3-11,14,17-18,27H,12-13,15-16,19-20H2,1-2H3,(H,31,36). The number of hydrogen-bond donors (Lipinski definition) is 1. The van der Waals surface area contributed by atoms with Crippen LogP contribution in [0, 0.1) is 0 Å². The third-order valence-corrected chi connectivity index (χ3v) is 6.64. The van der Waals surface area contributed by atoms with E-state index in [0.717, 1.165) is 43.6 Å². The number of nitrogens with zero attached hydrogens (tertiary/aromatic N) is 3. The largest absolute Gasteiger partial charge is 0.465 e. The van der Waals surface area contributed by atoms with Crippen molar-refractivity contribution in [2.24, 2.45) is 0 Å². The number of carbonyl (C=O) groups excluding carboxylic acids is 3. The van der Waals surface area contributed by atoms with Crippen LogP contribution in [0.5, 0.6) is 0 Å². The number of hydrogen-bond acceptors (Lipinski definition) is 6. The van der Waals surface area contributed by atoms with E-state index in [-0.39, 0.29) is 23.8 Å². The molecule has 8 heteroatoms. The zero-order chi connectivity index (χ0) is 26.2. The highest BCUT2D eigenvalue weighted by Crippen LogP contribution is 2.22. The summed E-state index contributed by atoms with van der Waals surface area (Å²) in [5, 5.41) is 2.99. The molecule has 0 bridgehead atoms. The van der Waals surface area contributed by atoms with Crippen LogP contribution in [0.2, 0.25) is 0 Å². The Hall–Kier alpha value is -4.04. The van der Waals surface area contributed by atoms with E-state index in [1.165, 1.54) is 14.0 Å². The Balaban J connectivity index is 1.41. The van der Waals surface area contributed by atoms with Gasteiger partial charge in [0.2, 0.25) is 0 Å². The molecule has 1 aromatic heterocycles. The molecule has 2 aromatic carbocycles. The van der Waals surface area contributed by atoms with Crippen molar-refractivity contribution in [2.75, 3.05) is 25.5 Å². The average Bonchev–Trinajstić information content (AvgIpc) is 2.93. The van der Waals surface area contributed by atoms with Gasteiger partial charge in [0.25, 0.3) is 0 Å². The van der Waals surface area contributed by atoms with E-state index in [2.05, 4.69) is 15.2 Å². The maximum Gasteiger partial charge on any atom is 0.337 e. The van der Waals surface area contributed by atoms with Crippen LogP contribution >= 0.6 is 0 Å². The molecule has 37 heavy (non-hydrogen) atoms. The second kappa shape index (κ2) is 12.3. The smallest absolute Gasteiger partial charge is 0.337 e. The predicted molar refractivity (Wildman–Crippen MR) is 141 cm³/mol. The number of anilines is 1. The molecule has 0 unspecified atom stereocenters. The summed E-state index contributed by atoms with van der Waals surface area (Å²) in [6, 6.07) is 18.2. The number of carbonyl (C=O) groups is 3. The lowest BCUT2D eigenvalue weighted by Crippen LogP contribution is -2.48. The summed E-state index contributed by atoms with van der Waals surface area (Å²) >= 11 is 0. The zero-order valence-corrected chi connectivity index (χ0v) is 21.2. The molecule has 4 rings (SSSR count). The van der Waals surface area contributed by atoms with Crippen molar-refractivity contribution in [3.05, 3.63) is 95.3 Å². The van der Waals surface area contributed by atoms with Crippen LogP contribution in [0.25, 0.3) is 0 Å². The minimum absolute atomic E-state index is 0.0457. The third kappa shape index (κ3) is 7.01. The first-order chi connectivity index (χ1) is 17.9. The molecule has 1 fully saturated rings. The number of benzene rings is 2. The van der Waals surface area contributed by atoms with E-state index in [0.29, 0.717) is 23.4 Å². The lowest BCUT2D eigenvalue weighted by molar-refractivity contribution is 0.0600. The van der Waals surface area contributed by atoms with Crippen LogP contribution in [0.4, 0.5) is 10.5 Å². The van der Waals surface area contributed by atoms with Crippen LogP contribution in [-0.2, 0) is 17.8 Å². The number of methoxy groups -OCH3 is 1. The molecule has 8 nitrogen and oxygen atoms in total. The summed E-state index contributed by atoms with van der Waals surface area (Å²) < 4.78 is 4.77. The maximum atomic E-state index is 13.4. The number of ketones is 1. The summed E-state index contributed by atoms with van der Waals surface area (Å²) in [4.78, 5) is 45.3. The Bertz CT molecular complexity index is 1220. The highest BCUT2D eigenvalue weighted by Gasteiger charge is 2.28. The van der Waals surface area contributed by atoms with E-state index in [1.54, 1.807) is 48.8 Å². The van der Waals surface area contributed by atoms with E-state index >= 15 is 0 Å². The first-order valence-corrected chi connectivity index (χ1v) is 12.4. The van der Waals surface area contributed by atoms with Gasteiger partial charge in [-0.2, -0.15) is 0 Å². The fourth-order valence-electron chi connectivity index (χ4n) is 4.58. The number of Topliss-reactive ketones (excluding diaryl/α,β-unsaturated/α-hetero) is 1. The van der Waals surface area contributed by atoms with Gasteiger partial charge < -0.3 is 15.0 Å². The van der Waals surface area contributed by atoms with Crippen LogP contribution in [0.3, 0.4) is 0 Å². The maximum absolute atomic E-state index is 13.4. The Morgan fingerprint density at radius 1 is 1.00 bits per heavy atom. The van der Waals surface area contributed by atoms with Gasteiger partial charge in [-0.25, -0.2) is 9.59 Å². The normalized spacial score (nSPS) is 14.1. The number of rotatable bonds is 8. The molecule has 2 heterocycles. The van der Waals surface area contributed by atoms with Crippen molar-refractivity contribution >= 4 is 23.5 Å². The molecule has 1 saturated heterocycles. The van der Waals surface area contributed by atoms with Crippen LogP contribution in [-0.4, -0.2) is 58.8 Å². The Morgan fingerprint density at radius 2 is 1.76 bits per heavy atom. The molecule has 1 N–H and O–H groups in total. The van der Waals surface area contributed by atoms with Crippen LogP contribution in [0.1, 0.15) is 51.6 Å². The van der Waals surface area contributed by atoms with Gasteiger partial charge in [-0.05, 0) is 61.2 Å². The summed E-state index contributed by atoms with van der Waals surface area (Å²) in [6.07, 6.45) is 5.17. The quantitative estimate of drug-likeness (QED) is 0.354. The lowest BCUT2D eigenvalue weighted by atomic mass is 10.0. The van der Waals surface area contributed by atoms with Crippen molar-refractivity contribution in [2.45, 2.75) is 38.9 Å². The third-order valence-electron chi connectivity index (χ3n) is 6.64. The molecule has 0 aliphatic carbocycles. The van der Waals surface area contributed by atoms with E-state index in [9.17, 15) is 14.4 Å². The van der Waals surface area contributed by atoms with Gasteiger partial charge in [0.1, 0.15) is 0 Å². The molecule has 1 aliphatic heterocycles. The van der Waals surface area contributed by atoms with Gasteiger partial charge in [-0.15, -0.1) is 0 Å². The number of piperidine rings is 1. The highest BCUT2D eigenvalue weighted by atomic mass is 16.5. The Labute approximate surface area is 217 Å². The molecule has 1 aliphatic rings. The van der Waals surface area contributed by atoms with Gasteiger partial charge >= 0.3 is 12.0 Å². The van der Waals surface area contributed by atoms with E-state index in [4.69, 9.17) is 4.74 Å². The summed E-state index contributed by atoms with van der Waals surface area (Å²) in [7, 11) is 1.38. The highest BCUT2D eigenvalue weighted by molar-refractivity contribution is 5.96. The van der Waals surface area contributed by atoms with Crippen molar-refractivity contribution in [1.82, 2.24) is 14.8 Å². The zero-order valence-electron chi connectivity index (χ0n) is 21.2. The average molecular weight is 501 g/mol. The van der Waals surface area contributed by atoms with Crippen molar-refractivity contribution in [1.29, 1.82) is 0 Å². The predicted octanol–water partition coefficient (Wildman–Crippen LogP) is 4.77.